The number of benzene rings is 1. The van der Waals surface area contributed by atoms with Crippen LogP contribution in [-0.4, -0.2) is 43.9 Å². The highest BCUT2D eigenvalue weighted by Gasteiger charge is 2.39. The first-order valence-electron chi connectivity index (χ1n) is 8.60. The summed E-state index contributed by atoms with van der Waals surface area (Å²) in [5, 5.41) is 2.87. The summed E-state index contributed by atoms with van der Waals surface area (Å²) < 4.78 is 0. The van der Waals surface area contributed by atoms with E-state index in [2.05, 4.69) is 12.2 Å². The number of anilines is 2. The number of carbonyl (C=O) groups is 2. The SMILES string of the molecule is CC1CCN(C(=O)C(C)(C)C(=O)Nc2ccc(N(C)C)cc2)CC1. The van der Waals surface area contributed by atoms with Crippen LogP contribution in [0.5, 0.6) is 0 Å². The zero-order valence-corrected chi connectivity index (χ0v) is 15.4. The molecule has 5 heteroatoms. The molecule has 0 aliphatic carbocycles. The largest absolute Gasteiger partial charge is 0.378 e. The normalized spacial score (nSPS) is 16.0. The summed E-state index contributed by atoms with van der Waals surface area (Å²) in [4.78, 5) is 29.2. The lowest BCUT2D eigenvalue weighted by atomic mass is 9.88. The Hall–Kier alpha value is -2.04. The second-order valence-electron chi connectivity index (χ2n) is 7.50. The van der Waals surface area contributed by atoms with Crippen LogP contribution in [0.4, 0.5) is 11.4 Å². The number of carbonyl (C=O) groups excluding carboxylic acids is 2. The second kappa shape index (κ2) is 7.24. The molecule has 1 N–H and O–H groups in total. The summed E-state index contributed by atoms with van der Waals surface area (Å²) in [5.41, 5.74) is 0.699. The van der Waals surface area contributed by atoms with Gasteiger partial charge in [0.05, 0.1) is 0 Å². The number of likely N-dealkylation sites (tertiary alicyclic amines) is 1. The molecule has 0 saturated carbocycles. The van der Waals surface area contributed by atoms with E-state index in [1.165, 1.54) is 0 Å². The van der Waals surface area contributed by atoms with Crippen molar-refractivity contribution in [2.45, 2.75) is 33.6 Å². The molecule has 1 aliphatic heterocycles. The van der Waals surface area contributed by atoms with Gasteiger partial charge in [-0.2, -0.15) is 0 Å². The number of nitrogens with zero attached hydrogens (tertiary/aromatic N) is 2. The molecule has 0 bridgehead atoms. The molecule has 1 aromatic rings. The third kappa shape index (κ3) is 4.08. The molecule has 0 aromatic heterocycles. The Kier molecular flexibility index (Phi) is 5.52. The quantitative estimate of drug-likeness (QED) is 0.863. The van der Waals surface area contributed by atoms with Crippen molar-refractivity contribution >= 4 is 23.2 Å². The van der Waals surface area contributed by atoms with E-state index in [4.69, 9.17) is 0 Å². The zero-order valence-electron chi connectivity index (χ0n) is 15.4. The fourth-order valence-electron chi connectivity index (χ4n) is 2.83. The maximum Gasteiger partial charge on any atom is 0.239 e. The molecule has 1 saturated heterocycles. The highest BCUT2D eigenvalue weighted by molar-refractivity contribution is 6.09. The van der Waals surface area contributed by atoms with Crippen LogP contribution in [0.3, 0.4) is 0 Å². The summed E-state index contributed by atoms with van der Waals surface area (Å²) in [6.07, 6.45) is 2.02. The highest BCUT2D eigenvalue weighted by atomic mass is 16.2. The van der Waals surface area contributed by atoms with E-state index in [1.807, 2.05) is 48.2 Å². The molecule has 0 spiro atoms. The highest BCUT2D eigenvalue weighted by Crippen LogP contribution is 2.26. The number of piperidine rings is 1. The topological polar surface area (TPSA) is 52.7 Å². The van der Waals surface area contributed by atoms with Crippen molar-refractivity contribution in [2.24, 2.45) is 11.3 Å². The summed E-state index contributed by atoms with van der Waals surface area (Å²) >= 11 is 0. The first-order chi connectivity index (χ1) is 11.2. The molecule has 5 nitrogen and oxygen atoms in total. The average Bonchev–Trinajstić information content (AvgIpc) is 2.55. The predicted molar refractivity (Wildman–Crippen MR) is 98.2 cm³/mol. The molecule has 1 aromatic carbocycles. The van der Waals surface area contributed by atoms with Gasteiger partial charge in [0.15, 0.2) is 0 Å². The number of rotatable bonds is 4. The second-order valence-corrected chi connectivity index (χ2v) is 7.50. The fourth-order valence-corrected chi connectivity index (χ4v) is 2.83. The van der Waals surface area contributed by atoms with Crippen LogP contribution < -0.4 is 10.2 Å². The van der Waals surface area contributed by atoms with Gasteiger partial charge in [0.2, 0.25) is 11.8 Å². The first-order valence-corrected chi connectivity index (χ1v) is 8.60. The minimum Gasteiger partial charge on any atom is -0.378 e. The van der Waals surface area contributed by atoms with Gasteiger partial charge in [0, 0.05) is 38.6 Å². The number of nitrogens with one attached hydrogen (secondary N) is 1. The Morgan fingerprint density at radius 1 is 1.12 bits per heavy atom. The van der Waals surface area contributed by atoms with Crippen LogP contribution in [-0.2, 0) is 9.59 Å². The molecule has 1 aliphatic rings. The maximum absolute atomic E-state index is 12.8. The molecule has 2 amide bonds. The minimum atomic E-state index is -1.07. The number of hydrogen-bond acceptors (Lipinski definition) is 3. The average molecular weight is 331 g/mol. The Labute approximate surface area is 145 Å². The standard InChI is InChI=1S/C19H29N3O2/c1-14-10-12-22(13-11-14)18(24)19(2,3)17(23)20-15-6-8-16(9-7-15)21(4)5/h6-9,14H,10-13H2,1-5H3,(H,20,23). The fraction of sp³-hybridized carbons (Fsp3) is 0.579. The van der Waals surface area contributed by atoms with Crippen LogP contribution in [0.2, 0.25) is 0 Å². The molecule has 24 heavy (non-hydrogen) atoms. The molecular weight excluding hydrogens is 302 g/mol. The van der Waals surface area contributed by atoms with Gasteiger partial charge in [-0.1, -0.05) is 6.92 Å². The van der Waals surface area contributed by atoms with Crippen molar-refractivity contribution in [3.05, 3.63) is 24.3 Å². The third-order valence-corrected chi connectivity index (χ3v) is 4.81. The number of amides is 2. The van der Waals surface area contributed by atoms with Crippen molar-refractivity contribution < 1.29 is 9.59 Å². The monoisotopic (exact) mass is 331 g/mol. The molecule has 0 atom stereocenters. The predicted octanol–water partition coefficient (Wildman–Crippen LogP) is 2.98. The van der Waals surface area contributed by atoms with Gasteiger partial charge in [0.1, 0.15) is 5.41 Å². The van der Waals surface area contributed by atoms with E-state index in [9.17, 15) is 9.59 Å². The summed E-state index contributed by atoms with van der Waals surface area (Å²) in [7, 11) is 3.93. The van der Waals surface area contributed by atoms with E-state index in [-0.39, 0.29) is 11.8 Å². The van der Waals surface area contributed by atoms with Crippen molar-refractivity contribution in [3.8, 4) is 0 Å². The van der Waals surface area contributed by atoms with Crippen LogP contribution >= 0.6 is 0 Å². The molecule has 1 heterocycles. The van der Waals surface area contributed by atoms with Crippen LogP contribution in [0.1, 0.15) is 33.6 Å². The van der Waals surface area contributed by atoms with Crippen molar-refractivity contribution in [3.63, 3.8) is 0 Å². The lowest BCUT2D eigenvalue weighted by molar-refractivity contribution is -0.147. The zero-order chi connectivity index (χ0) is 17.9. The van der Waals surface area contributed by atoms with Crippen LogP contribution in [0.15, 0.2) is 24.3 Å². The van der Waals surface area contributed by atoms with Gasteiger partial charge < -0.3 is 15.1 Å². The van der Waals surface area contributed by atoms with E-state index in [1.54, 1.807) is 13.8 Å². The Balaban J connectivity index is 2.02. The Morgan fingerprint density at radius 2 is 1.67 bits per heavy atom. The van der Waals surface area contributed by atoms with Crippen LogP contribution in [0.25, 0.3) is 0 Å². The van der Waals surface area contributed by atoms with Gasteiger partial charge in [-0.05, 0) is 56.9 Å². The molecule has 0 unspecified atom stereocenters. The van der Waals surface area contributed by atoms with Crippen molar-refractivity contribution in [1.82, 2.24) is 4.90 Å². The maximum atomic E-state index is 12.8. The molecule has 1 fully saturated rings. The third-order valence-electron chi connectivity index (χ3n) is 4.81. The van der Waals surface area contributed by atoms with Crippen LogP contribution in [0, 0.1) is 11.3 Å². The molecule has 2 rings (SSSR count). The van der Waals surface area contributed by atoms with Gasteiger partial charge in [-0.15, -0.1) is 0 Å². The Morgan fingerprint density at radius 3 is 2.17 bits per heavy atom. The van der Waals surface area contributed by atoms with Crippen molar-refractivity contribution in [1.29, 1.82) is 0 Å². The Bertz CT molecular complexity index is 585. The molecule has 0 radical (unpaired) electrons. The van der Waals surface area contributed by atoms with Gasteiger partial charge in [-0.3, -0.25) is 9.59 Å². The van der Waals surface area contributed by atoms with E-state index in [0.29, 0.717) is 11.6 Å². The minimum absolute atomic E-state index is 0.0863. The van der Waals surface area contributed by atoms with E-state index in [0.717, 1.165) is 31.6 Å². The van der Waals surface area contributed by atoms with Gasteiger partial charge in [-0.25, -0.2) is 0 Å². The summed E-state index contributed by atoms with van der Waals surface area (Å²) in [6, 6.07) is 7.60. The first kappa shape index (κ1) is 18.3. The summed E-state index contributed by atoms with van der Waals surface area (Å²) in [5.74, 6) is 0.307. The lowest BCUT2D eigenvalue weighted by Gasteiger charge is -2.35. The van der Waals surface area contributed by atoms with Gasteiger partial charge >= 0.3 is 0 Å². The molecule has 132 valence electrons. The van der Waals surface area contributed by atoms with Crippen molar-refractivity contribution in [2.75, 3.05) is 37.4 Å². The van der Waals surface area contributed by atoms with E-state index < -0.39 is 5.41 Å². The smallest absolute Gasteiger partial charge is 0.239 e. The van der Waals surface area contributed by atoms with E-state index >= 15 is 0 Å². The summed E-state index contributed by atoms with van der Waals surface area (Å²) in [6.45, 7) is 7.10. The molecular formula is C19H29N3O2. The van der Waals surface area contributed by atoms with Gasteiger partial charge in [0.25, 0.3) is 0 Å². The number of hydrogen-bond donors (Lipinski definition) is 1. The lowest BCUT2D eigenvalue weighted by Crippen LogP contribution is -2.49.